The minimum Gasteiger partial charge on any atom is -0.491 e. The van der Waals surface area contributed by atoms with E-state index in [1.54, 1.807) is 0 Å². The van der Waals surface area contributed by atoms with Crippen LogP contribution in [0.5, 0.6) is 5.75 Å². The summed E-state index contributed by atoms with van der Waals surface area (Å²) in [5, 5.41) is 5.76. The average molecular weight is 488 g/mol. The normalized spacial score (nSPS) is 12.1. The maximum Gasteiger partial charge on any atom is 0.326 e. The SMILES string of the molecule is COC(=O)[C@@H](COc1cccc2ccccc12)NC(c1ccccc1)(c1ccccc1)c1ccccc1. The van der Waals surface area contributed by atoms with Crippen LogP contribution in [0.1, 0.15) is 16.7 Å². The molecule has 0 heterocycles. The number of methoxy groups -OCH3 is 1. The third kappa shape index (κ3) is 4.97. The van der Waals surface area contributed by atoms with Gasteiger partial charge in [0.2, 0.25) is 0 Å². The maximum atomic E-state index is 13.2. The third-order valence-electron chi connectivity index (χ3n) is 6.65. The van der Waals surface area contributed by atoms with Crippen molar-refractivity contribution in [2.45, 2.75) is 11.6 Å². The predicted octanol–water partition coefficient (Wildman–Crippen LogP) is 6.34. The van der Waals surface area contributed by atoms with Crippen LogP contribution in [0.15, 0.2) is 133 Å². The van der Waals surface area contributed by atoms with Crippen LogP contribution in [0.3, 0.4) is 0 Å². The molecule has 4 heteroatoms. The Hall–Kier alpha value is -4.41. The van der Waals surface area contributed by atoms with Crippen LogP contribution in [-0.4, -0.2) is 25.7 Å². The summed E-state index contributed by atoms with van der Waals surface area (Å²) in [5.74, 6) is 0.325. The van der Waals surface area contributed by atoms with Gasteiger partial charge in [-0.25, -0.2) is 0 Å². The lowest BCUT2D eigenvalue weighted by molar-refractivity contribution is -0.144. The zero-order chi connectivity index (χ0) is 25.5. The predicted molar refractivity (Wildman–Crippen MR) is 148 cm³/mol. The highest BCUT2D eigenvalue weighted by Crippen LogP contribution is 2.37. The zero-order valence-electron chi connectivity index (χ0n) is 20.7. The summed E-state index contributed by atoms with van der Waals surface area (Å²) in [5.41, 5.74) is 2.19. The molecule has 5 aromatic carbocycles. The molecule has 0 saturated heterocycles. The molecule has 0 saturated carbocycles. The van der Waals surface area contributed by atoms with Crippen LogP contribution in [0, 0.1) is 0 Å². The molecule has 0 aromatic heterocycles. The number of carbonyl (C=O) groups excluding carboxylic acids is 1. The van der Waals surface area contributed by atoms with E-state index in [-0.39, 0.29) is 6.61 Å². The van der Waals surface area contributed by atoms with E-state index in [0.717, 1.165) is 33.2 Å². The van der Waals surface area contributed by atoms with Crippen LogP contribution in [0.25, 0.3) is 10.8 Å². The summed E-state index contributed by atoms with van der Waals surface area (Å²) >= 11 is 0. The molecule has 0 spiro atoms. The van der Waals surface area contributed by atoms with Crippen molar-refractivity contribution in [2.75, 3.05) is 13.7 Å². The molecule has 0 aliphatic heterocycles. The van der Waals surface area contributed by atoms with Gasteiger partial charge in [-0.05, 0) is 28.1 Å². The number of carbonyl (C=O) groups is 1. The minimum atomic E-state index is -0.829. The van der Waals surface area contributed by atoms with Crippen molar-refractivity contribution in [3.8, 4) is 5.75 Å². The second-order valence-corrected chi connectivity index (χ2v) is 8.86. The van der Waals surface area contributed by atoms with Crippen LogP contribution in [0.4, 0.5) is 0 Å². The van der Waals surface area contributed by atoms with E-state index in [9.17, 15) is 4.79 Å². The fourth-order valence-corrected chi connectivity index (χ4v) is 4.88. The first kappa shape index (κ1) is 24.3. The summed E-state index contributed by atoms with van der Waals surface area (Å²) in [6.07, 6.45) is 0. The van der Waals surface area contributed by atoms with Gasteiger partial charge in [-0.2, -0.15) is 0 Å². The monoisotopic (exact) mass is 487 g/mol. The maximum absolute atomic E-state index is 13.2. The van der Waals surface area contributed by atoms with Crippen molar-refractivity contribution >= 4 is 16.7 Å². The van der Waals surface area contributed by atoms with Gasteiger partial charge in [-0.3, -0.25) is 10.1 Å². The first-order valence-electron chi connectivity index (χ1n) is 12.3. The highest BCUT2D eigenvalue weighted by Gasteiger charge is 2.40. The molecule has 37 heavy (non-hydrogen) atoms. The lowest BCUT2D eigenvalue weighted by Crippen LogP contribution is -2.55. The number of nitrogens with one attached hydrogen (secondary N) is 1. The Morgan fingerprint density at radius 1 is 0.676 bits per heavy atom. The Labute approximate surface area is 217 Å². The second kappa shape index (κ2) is 11.1. The van der Waals surface area contributed by atoms with E-state index < -0.39 is 17.6 Å². The number of esters is 1. The number of hydrogen-bond acceptors (Lipinski definition) is 4. The highest BCUT2D eigenvalue weighted by atomic mass is 16.5. The third-order valence-corrected chi connectivity index (χ3v) is 6.65. The second-order valence-electron chi connectivity index (χ2n) is 8.86. The fraction of sp³-hybridized carbons (Fsp3) is 0.121. The first-order valence-corrected chi connectivity index (χ1v) is 12.3. The lowest BCUT2D eigenvalue weighted by Gasteiger charge is -2.39. The molecule has 0 aliphatic rings. The summed E-state index contributed by atoms with van der Waals surface area (Å²) in [7, 11) is 1.41. The van der Waals surface area contributed by atoms with Gasteiger partial charge in [0.05, 0.1) is 12.6 Å². The summed E-state index contributed by atoms with van der Waals surface area (Å²) in [6, 6.07) is 43.7. The molecule has 0 unspecified atom stereocenters. The number of hydrogen-bond donors (Lipinski definition) is 1. The van der Waals surface area contributed by atoms with Crippen molar-refractivity contribution in [1.29, 1.82) is 0 Å². The van der Waals surface area contributed by atoms with Gasteiger partial charge in [0, 0.05) is 5.39 Å². The van der Waals surface area contributed by atoms with E-state index in [4.69, 9.17) is 9.47 Å². The van der Waals surface area contributed by atoms with Crippen molar-refractivity contribution < 1.29 is 14.3 Å². The van der Waals surface area contributed by atoms with Gasteiger partial charge in [-0.1, -0.05) is 127 Å². The summed E-state index contributed by atoms with van der Waals surface area (Å²) in [6.45, 7) is 0.0922. The number of ether oxygens (including phenoxy) is 2. The number of benzene rings is 5. The van der Waals surface area contributed by atoms with Gasteiger partial charge < -0.3 is 9.47 Å². The Bertz CT molecular complexity index is 1350. The molecular weight excluding hydrogens is 458 g/mol. The molecule has 5 aromatic rings. The zero-order valence-corrected chi connectivity index (χ0v) is 20.7. The van der Waals surface area contributed by atoms with Crippen LogP contribution < -0.4 is 10.1 Å². The van der Waals surface area contributed by atoms with Gasteiger partial charge in [0.25, 0.3) is 0 Å². The molecule has 184 valence electrons. The molecule has 0 bridgehead atoms. The van der Waals surface area contributed by atoms with E-state index in [1.807, 2.05) is 97.1 Å². The van der Waals surface area contributed by atoms with E-state index in [2.05, 4.69) is 41.7 Å². The van der Waals surface area contributed by atoms with Crippen LogP contribution >= 0.6 is 0 Å². The summed E-state index contributed by atoms with van der Waals surface area (Å²) < 4.78 is 11.6. The Morgan fingerprint density at radius 3 is 1.70 bits per heavy atom. The van der Waals surface area contributed by atoms with Gasteiger partial charge in [-0.15, -0.1) is 0 Å². The smallest absolute Gasteiger partial charge is 0.326 e. The lowest BCUT2D eigenvalue weighted by atomic mass is 9.76. The van der Waals surface area contributed by atoms with Crippen molar-refractivity contribution in [3.63, 3.8) is 0 Å². The fourth-order valence-electron chi connectivity index (χ4n) is 4.88. The van der Waals surface area contributed by atoms with Gasteiger partial charge >= 0.3 is 5.97 Å². The largest absolute Gasteiger partial charge is 0.491 e. The quantitative estimate of drug-likeness (QED) is 0.195. The number of fused-ring (bicyclic) bond motifs is 1. The Balaban J connectivity index is 1.60. The average Bonchev–Trinajstić information content (AvgIpc) is 2.98. The molecule has 4 nitrogen and oxygen atoms in total. The minimum absolute atomic E-state index is 0.0922. The molecular formula is C33H29NO3. The van der Waals surface area contributed by atoms with Gasteiger partial charge in [0.1, 0.15) is 18.4 Å². The highest BCUT2D eigenvalue weighted by molar-refractivity contribution is 5.88. The summed E-state index contributed by atoms with van der Waals surface area (Å²) in [4.78, 5) is 13.2. The molecule has 1 atom stereocenters. The molecule has 5 rings (SSSR count). The first-order chi connectivity index (χ1) is 18.2. The van der Waals surface area contributed by atoms with E-state index >= 15 is 0 Å². The molecule has 0 radical (unpaired) electrons. The Kier molecular flexibility index (Phi) is 7.29. The van der Waals surface area contributed by atoms with Crippen molar-refractivity contribution in [3.05, 3.63) is 150 Å². The molecule has 1 N–H and O–H groups in total. The molecule has 0 fully saturated rings. The molecule has 0 amide bonds. The Morgan fingerprint density at radius 2 is 1.16 bits per heavy atom. The molecule has 0 aliphatic carbocycles. The van der Waals surface area contributed by atoms with Gasteiger partial charge in [0.15, 0.2) is 0 Å². The standard InChI is InChI=1S/C33H29NO3/c1-36-32(35)30(24-37-31-23-13-15-25-14-11-12-22-29(25)31)34-33(26-16-5-2-6-17-26,27-18-7-3-8-19-27)28-20-9-4-10-21-28/h2-23,30,34H,24H2,1H3/t30-/m1/s1. The van der Waals surface area contributed by atoms with E-state index in [1.165, 1.54) is 7.11 Å². The topological polar surface area (TPSA) is 47.6 Å². The van der Waals surface area contributed by atoms with Crippen molar-refractivity contribution in [2.24, 2.45) is 0 Å². The van der Waals surface area contributed by atoms with Crippen molar-refractivity contribution in [1.82, 2.24) is 5.32 Å². The van der Waals surface area contributed by atoms with E-state index in [0.29, 0.717) is 0 Å². The van der Waals surface area contributed by atoms with Crippen LogP contribution in [-0.2, 0) is 15.1 Å². The van der Waals surface area contributed by atoms with Crippen LogP contribution in [0.2, 0.25) is 0 Å². The number of rotatable bonds is 9.